The minimum Gasteiger partial charge on any atom is -0.398 e. The Morgan fingerprint density at radius 1 is 1.38 bits per heavy atom. The Labute approximate surface area is 82.3 Å². The molecule has 0 aliphatic carbocycles. The van der Waals surface area contributed by atoms with Crippen molar-refractivity contribution in [2.45, 2.75) is 6.54 Å². The smallest absolute Gasteiger partial charge is 0.180 e. The van der Waals surface area contributed by atoms with Gasteiger partial charge in [0.25, 0.3) is 0 Å². The normalized spacial score (nSPS) is 9.62. The molecule has 6 N–H and O–H groups in total. The van der Waals surface area contributed by atoms with E-state index >= 15 is 0 Å². The Balaban J connectivity index is 2.74. The Bertz CT molecular complexity index is 313. The van der Waals surface area contributed by atoms with Gasteiger partial charge in [0.1, 0.15) is 0 Å². The Morgan fingerprint density at radius 2 is 2.00 bits per heavy atom. The first-order valence-corrected chi connectivity index (χ1v) is 4.17. The van der Waals surface area contributed by atoms with Crippen LogP contribution in [0.25, 0.3) is 0 Å². The van der Waals surface area contributed by atoms with Crippen LogP contribution in [0.1, 0.15) is 5.56 Å². The highest BCUT2D eigenvalue weighted by Gasteiger charge is 2.03. The molecule has 0 fully saturated rings. The first-order chi connectivity index (χ1) is 6.11. The molecule has 1 rings (SSSR count). The molecule has 0 amide bonds. The van der Waals surface area contributed by atoms with E-state index in [9.17, 15) is 0 Å². The molecule has 5 heteroatoms. The number of anilines is 1. The molecular formula is C8H12N4S. The van der Waals surface area contributed by atoms with Crippen LogP contribution in [-0.2, 0) is 6.54 Å². The second-order valence-electron chi connectivity index (χ2n) is 2.66. The molecule has 0 bridgehead atoms. The van der Waals surface area contributed by atoms with Crippen molar-refractivity contribution in [1.29, 1.82) is 0 Å². The number of benzene rings is 1. The van der Waals surface area contributed by atoms with Gasteiger partial charge >= 0.3 is 0 Å². The lowest BCUT2D eigenvalue weighted by atomic mass is 10.2. The summed E-state index contributed by atoms with van der Waals surface area (Å²) in [6.07, 6.45) is 0. The van der Waals surface area contributed by atoms with Crippen molar-refractivity contribution in [2.75, 3.05) is 5.73 Å². The summed E-state index contributed by atoms with van der Waals surface area (Å²) in [7, 11) is 0. The Kier molecular flexibility index (Phi) is 3.05. The monoisotopic (exact) mass is 196 g/mol. The first-order valence-electron chi connectivity index (χ1n) is 3.76. The molecule has 0 atom stereocenters. The van der Waals surface area contributed by atoms with E-state index in [1.165, 1.54) is 5.01 Å². The average Bonchev–Trinajstić information content (AvgIpc) is 2.08. The number of nitrogens with zero attached hydrogens (tertiary/aromatic N) is 1. The van der Waals surface area contributed by atoms with E-state index in [0.29, 0.717) is 12.2 Å². The third kappa shape index (κ3) is 2.57. The minimum atomic E-state index is 0.156. The zero-order valence-electron chi connectivity index (χ0n) is 7.10. The van der Waals surface area contributed by atoms with E-state index < -0.39 is 0 Å². The van der Waals surface area contributed by atoms with E-state index in [4.69, 9.17) is 29.5 Å². The fraction of sp³-hybridized carbons (Fsp3) is 0.125. The van der Waals surface area contributed by atoms with Crippen molar-refractivity contribution < 1.29 is 0 Å². The third-order valence-corrected chi connectivity index (χ3v) is 1.91. The average molecular weight is 196 g/mol. The van der Waals surface area contributed by atoms with Crippen LogP contribution in [0.3, 0.4) is 0 Å². The van der Waals surface area contributed by atoms with Gasteiger partial charge in [0.05, 0.1) is 6.54 Å². The predicted molar refractivity (Wildman–Crippen MR) is 57.4 cm³/mol. The predicted octanol–water partition coefficient (Wildman–Crippen LogP) is 0.188. The number of hydrogen-bond donors (Lipinski definition) is 3. The van der Waals surface area contributed by atoms with Crippen LogP contribution < -0.4 is 17.3 Å². The fourth-order valence-electron chi connectivity index (χ4n) is 0.940. The first kappa shape index (κ1) is 9.76. The lowest BCUT2D eigenvalue weighted by molar-refractivity contribution is 0.438. The molecule has 0 saturated heterocycles. The lowest BCUT2D eigenvalue weighted by Gasteiger charge is -2.16. The highest BCUT2D eigenvalue weighted by molar-refractivity contribution is 7.80. The fourth-order valence-corrected chi connectivity index (χ4v) is 1.00. The summed E-state index contributed by atoms with van der Waals surface area (Å²) in [6.45, 7) is 0.433. The molecule has 70 valence electrons. The van der Waals surface area contributed by atoms with Gasteiger partial charge in [0.15, 0.2) is 5.11 Å². The van der Waals surface area contributed by atoms with Crippen molar-refractivity contribution in [3.63, 3.8) is 0 Å². The van der Waals surface area contributed by atoms with Crippen LogP contribution in [-0.4, -0.2) is 10.1 Å². The van der Waals surface area contributed by atoms with Crippen LogP contribution in [0.2, 0.25) is 0 Å². The Morgan fingerprint density at radius 3 is 2.54 bits per heavy atom. The summed E-state index contributed by atoms with van der Waals surface area (Å²) in [5, 5.41) is 1.43. The summed E-state index contributed by atoms with van der Waals surface area (Å²) in [6, 6.07) is 7.44. The number of thiocarbonyl (C=S) groups is 1. The second kappa shape index (κ2) is 4.06. The molecule has 4 nitrogen and oxygen atoms in total. The largest absolute Gasteiger partial charge is 0.398 e. The van der Waals surface area contributed by atoms with Crippen molar-refractivity contribution >= 4 is 23.0 Å². The van der Waals surface area contributed by atoms with Crippen LogP contribution in [0, 0.1) is 0 Å². The van der Waals surface area contributed by atoms with E-state index in [0.717, 1.165) is 5.56 Å². The zero-order valence-corrected chi connectivity index (χ0v) is 7.92. The minimum absolute atomic E-state index is 0.156. The quantitative estimate of drug-likeness (QED) is 0.272. The van der Waals surface area contributed by atoms with Gasteiger partial charge < -0.3 is 11.5 Å². The maximum absolute atomic E-state index is 5.70. The van der Waals surface area contributed by atoms with Gasteiger partial charge in [-0.1, -0.05) is 18.2 Å². The van der Waals surface area contributed by atoms with Crippen LogP contribution >= 0.6 is 12.2 Å². The molecule has 0 aliphatic heterocycles. The molecule has 0 aliphatic rings. The number of hydrazine groups is 1. The molecule has 1 aromatic carbocycles. The van der Waals surface area contributed by atoms with E-state index in [1.807, 2.05) is 24.3 Å². The number of nitrogens with two attached hydrogens (primary N) is 3. The highest BCUT2D eigenvalue weighted by atomic mass is 32.1. The molecule has 0 radical (unpaired) electrons. The molecule has 0 spiro atoms. The lowest BCUT2D eigenvalue weighted by Crippen LogP contribution is -2.40. The molecule has 0 aromatic heterocycles. The maximum atomic E-state index is 5.70. The molecule has 0 unspecified atom stereocenters. The van der Waals surface area contributed by atoms with E-state index in [-0.39, 0.29) is 5.11 Å². The molecule has 0 heterocycles. The van der Waals surface area contributed by atoms with Crippen molar-refractivity contribution in [2.24, 2.45) is 11.6 Å². The van der Waals surface area contributed by atoms with Crippen molar-refractivity contribution in [3.05, 3.63) is 29.8 Å². The van der Waals surface area contributed by atoms with Gasteiger partial charge in [0.2, 0.25) is 0 Å². The summed E-state index contributed by atoms with van der Waals surface area (Å²) in [4.78, 5) is 0. The molecule has 1 aromatic rings. The molecule has 13 heavy (non-hydrogen) atoms. The van der Waals surface area contributed by atoms with Crippen LogP contribution in [0.5, 0.6) is 0 Å². The standard InChI is InChI=1S/C8H12N4S/c9-7-4-2-1-3-6(7)5-12(11)8(10)13/h1-4H,5,9,11H2,(H2,10,13). The number of hydrogen-bond acceptors (Lipinski definition) is 3. The van der Waals surface area contributed by atoms with Gasteiger partial charge in [0, 0.05) is 5.69 Å². The van der Waals surface area contributed by atoms with Crippen LogP contribution in [0.15, 0.2) is 24.3 Å². The van der Waals surface area contributed by atoms with E-state index in [1.54, 1.807) is 0 Å². The third-order valence-electron chi connectivity index (χ3n) is 1.68. The maximum Gasteiger partial charge on any atom is 0.180 e. The summed E-state index contributed by atoms with van der Waals surface area (Å²) in [5.74, 6) is 5.53. The molecular weight excluding hydrogens is 184 g/mol. The zero-order chi connectivity index (χ0) is 9.84. The topological polar surface area (TPSA) is 81.3 Å². The van der Waals surface area contributed by atoms with E-state index in [2.05, 4.69) is 0 Å². The molecule has 0 saturated carbocycles. The van der Waals surface area contributed by atoms with Crippen molar-refractivity contribution in [1.82, 2.24) is 5.01 Å². The van der Waals surface area contributed by atoms with Gasteiger partial charge in [-0.15, -0.1) is 0 Å². The second-order valence-corrected chi connectivity index (χ2v) is 3.08. The SMILES string of the molecule is NC(=S)N(N)Cc1ccccc1N. The summed E-state index contributed by atoms with van der Waals surface area (Å²) in [5.41, 5.74) is 12.6. The van der Waals surface area contributed by atoms with Gasteiger partial charge in [-0.3, -0.25) is 5.01 Å². The van der Waals surface area contributed by atoms with Gasteiger partial charge in [-0.05, 0) is 23.8 Å². The van der Waals surface area contributed by atoms with Gasteiger partial charge in [-0.2, -0.15) is 0 Å². The number of para-hydroxylation sites is 1. The van der Waals surface area contributed by atoms with Gasteiger partial charge in [-0.25, -0.2) is 5.84 Å². The number of nitrogen functional groups attached to an aromatic ring is 1. The number of rotatable bonds is 2. The Hall–Kier alpha value is -1.33. The summed E-state index contributed by atoms with van der Waals surface area (Å²) < 4.78 is 0. The van der Waals surface area contributed by atoms with Crippen LogP contribution in [0.4, 0.5) is 5.69 Å². The highest BCUT2D eigenvalue weighted by Crippen LogP contribution is 2.11. The summed E-state index contributed by atoms with van der Waals surface area (Å²) >= 11 is 4.70. The van der Waals surface area contributed by atoms with Crippen molar-refractivity contribution in [3.8, 4) is 0 Å².